The van der Waals surface area contributed by atoms with Gasteiger partial charge in [0.1, 0.15) is 22.7 Å². The number of benzene rings is 1. The van der Waals surface area contributed by atoms with E-state index in [0.717, 1.165) is 29.1 Å². The van der Waals surface area contributed by atoms with Crippen LogP contribution in [0, 0.1) is 6.92 Å². The maximum Gasteiger partial charge on any atom is 0.266 e. The fourth-order valence-electron chi connectivity index (χ4n) is 4.83. The minimum Gasteiger partial charge on any atom is -0.443 e. The number of aromatic nitrogens is 5. The van der Waals surface area contributed by atoms with Crippen molar-refractivity contribution >= 4 is 17.2 Å². The van der Waals surface area contributed by atoms with Crippen molar-refractivity contribution in [1.82, 2.24) is 30.0 Å². The molecule has 5 aromatic rings. The van der Waals surface area contributed by atoms with E-state index in [-0.39, 0.29) is 29.6 Å². The van der Waals surface area contributed by atoms with Crippen LogP contribution in [0.15, 0.2) is 69.1 Å². The van der Waals surface area contributed by atoms with Gasteiger partial charge in [-0.05, 0) is 50.8 Å². The topological polar surface area (TPSA) is 137 Å². The first-order chi connectivity index (χ1) is 18.9. The number of nitrogens with zero attached hydrogens (tertiary/aromatic N) is 6. The van der Waals surface area contributed by atoms with Gasteiger partial charge < -0.3 is 19.5 Å². The molecule has 0 radical (unpaired) electrons. The number of aryl methyl sites for hydroxylation is 1. The van der Waals surface area contributed by atoms with E-state index >= 15 is 0 Å². The minimum absolute atomic E-state index is 0.0658. The van der Waals surface area contributed by atoms with Crippen molar-refractivity contribution in [2.45, 2.75) is 44.7 Å². The molecule has 1 saturated heterocycles. The number of hydrogen-bond acceptors (Lipinski definition) is 10. The molecule has 10 nitrogen and oxygen atoms in total. The Kier molecular flexibility index (Phi) is 6.53. The third-order valence-corrected chi connectivity index (χ3v) is 7.77. The lowest BCUT2D eigenvalue weighted by molar-refractivity contribution is 0.0735. The number of oxazole rings is 1. The molecule has 1 aromatic carbocycles. The lowest BCUT2D eigenvalue weighted by Crippen LogP contribution is -2.35. The second-order valence-electron chi connectivity index (χ2n) is 9.94. The van der Waals surface area contributed by atoms with Gasteiger partial charge in [-0.15, -0.1) is 21.5 Å². The molecule has 6 rings (SSSR count). The Morgan fingerprint density at radius 1 is 1.15 bits per heavy atom. The lowest BCUT2D eigenvalue weighted by atomic mass is 9.94. The molecule has 0 saturated carbocycles. The number of carbonyl (C=O) groups is 1. The first-order valence-corrected chi connectivity index (χ1v) is 13.6. The van der Waals surface area contributed by atoms with Crippen molar-refractivity contribution in [3.63, 3.8) is 0 Å². The van der Waals surface area contributed by atoms with Crippen LogP contribution >= 0.6 is 11.3 Å². The van der Waals surface area contributed by atoms with Gasteiger partial charge in [0.15, 0.2) is 0 Å². The van der Waals surface area contributed by atoms with Crippen molar-refractivity contribution in [3.8, 4) is 23.2 Å². The van der Waals surface area contributed by atoms with Crippen molar-refractivity contribution in [2.75, 3.05) is 6.54 Å². The van der Waals surface area contributed by atoms with Gasteiger partial charge in [0.25, 0.3) is 11.8 Å². The Bertz CT molecular complexity index is 1590. The molecule has 11 heteroatoms. The average Bonchev–Trinajstić information content (AvgIpc) is 3.74. The molecule has 0 bridgehead atoms. The third kappa shape index (κ3) is 5.10. The number of likely N-dealkylation sites (tertiary alicyclic amines) is 1. The van der Waals surface area contributed by atoms with Gasteiger partial charge in [-0.1, -0.05) is 30.3 Å². The van der Waals surface area contributed by atoms with E-state index in [9.17, 15) is 4.79 Å². The summed E-state index contributed by atoms with van der Waals surface area (Å²) in [6, 6.07) is 13.2. The second kappa shape index (κ2) is 10.2. The maximum atomic E-state index is 13.8. The fraction of sp³-hybridized carbons (Fsp3) is 0.286. The van der Waals surface area contributed by atoms with Gasteiger partial charge in [0.2, 0.25) is 11.8 Å². The number of nitrogens with two attached hydrogens (primary N) is 1. The Morgan fingerprint density at radius 3 is 2.67 bits per heavy atom. The molecule has 5 heterocycles. The van der Waals surface area contributed by atoms with Crippen LogP contribution in [-0.2, 0) is 12.0 Å². The molecular weight excluding hydrogens is 514 g/mol. The number of rotatable bonds is 7. The molecule has 1 aliphatic heterocycles. The highest BCUT2D eigenvalue weighted by atomic mass is 32.1. The molecule has 0 unspecified atom stereocenters. The van der Waals surface area contributed by atoms with E-state index in [1.54, 1.807) is 23.5 Å². The number of thiazole rings is 1. The second-order valence-corrected chi connectivity index (χ2v) is 10.8. The van der Waals surface area contributed by atoms with Crippen LogP contribution in [0.1, 0.15) is 58.3 Å². The van der Waals surface area contributed by atoms with E-state index in [1.807, 2.05) is 54.5 Å². The molecule has 4 aromatic heterocycles. The Labute approximate surface area is 228 Å². The number of carbonyl (C=O) groups excluding carboxylic acids is 1. The largest absolute Gasteiger partial charge is 0.443 e. The first kappa shape index (κ1) is 25.1. The molecule has 1 fully saturated rings. The summed E-state index contributed by atoms with van der Waals surface area (Å²) >= 11 is 1.58. The van der Waals surface area contributed by atoms with Gasteiger partial charge in [-0.3, -0.25) is 4.79 Å². The van der Waals surface area contributed by atoms with E-state index in [4.69, 9.17) is 14.6 Å². The van der Waals surface area contributed by atoms with Gasteiger partial charge in [-0.25, -0.2) is 15.0 Å². The third-order valence-electron chi connectivity index (χ3n) is 6.71. The van der Waals surface area contributed by atoms with Gasteiger partial charge in [0, 0.05) is 23.2 Å². The first-order valence-electron chi connectivity index (χ1n) is 12.7. The number of amides is 1. The summed E-state index contributed by atoms with van der Waals surface area (Å²) in [5, 5.41) is 11.4. The summed E-state index contributed by atoms with van der Waals surface area (Å²) in [6.45, 7) is 4.45. The lowest BCUT2D eigenvalue weighted by Gasteiger charge is -2.23. The highest BCUT2D eigenvalue weighted by molar-refractivity contribution is 7.09. The molecule has 1 aliphatic rings. The van der Waals surface area contributed by atoms with Crippen molar-refractivity contribution < 1.29 is 13.6 Å². The van der Waals surface area contributed by atoms with Gasteiger partial charge in [-0.2, -0.15) is 0 Å². The zero-order valence-electron chi connectivity index (χ0n) is 21.6. The Hall–Kier alpha value is -4.22. The predicted octanol–water partition coefficient (Wildman–Crippen LogP) is 4.95. The van der Waals surface area contributed by atoms with E-state index in [1.165, 1.54) is 12.5 Å². The summed E-state index contributed by atoms with van der Waals surface area (Å²) in [4.78, 5) is 29.2. The van der Waals surface area contributed by atoms with Crippen LogP contribution in [0.2, 0.25) is 0 Å². The Morgan fingerprint density at radius 2 is 1.95 bits per heavy atom. The quantitative estimate of drug-likeness (QED) is 0.303. The molecular formula is C28H27N7O3S. The minimum atomic E-state index is -0.903. The fourth-order valence-corrected chi connectivity index (χ4v) is 5.78. The zero-order chi connectivity index (χ0) is 27.0. The molecule has 2 atom stereocenters. The highest BCUT2D eigenvalue weighted by Gasteiger charge is 2.34. The number of pyridine rings is 1. The summed E-state index contributed by atoms with van der Waals surface area (Å²) in [7, 11) is 0. The van der Waals surface area contributed by atoms with E-state index in [0.29, 0.717) is 29.9 Å². The molecule has 1 amide bonds. The van der Waals surface area contributed by atoms with Crippen LogP contribution in [-0.4, -0.2) is 42.5 Å². The van der Waals surface area contributed by atoms with Gasteiger partial charge >= 0.3 is 0 Å². The van der Waals surface area contributed by atoms with Crippen molar-refractivity contribution in [2.24, 2.45) is 5.73 Å². The smallest absolute Gasteiger partial charge is 0.266 e. The zero-order valence-corrected chi connectivity index (χ0v) is 22.4. The van der Waals surface area contributed by atoms with E-state index < -0.39 is 5.54 Å². The molecule has 0 aliphatic carbocycles. The van der Waals surface area contributed by atoms with Crippen LogP contribution in [0.5, 0.6) is 0 Å². The maximum absolute atomic E-state index is 13.8. The molecule has 2 N–H and O–H groups in total. The SMILES string of the molecule is Cc1csc([C@H]2CCCN2C(=O)c2cc(-c3ncco3)nc(-c3nnc([C@](C)(N)Cc4ccccc4)o3)c2)n1. The average molecular weight is 542 g/mol. The van der Waals surface area contributed by atoms with Crippen LogP contribution < -0.4 is 5.73 Å². The van der Waals surface area contributed by atoms with Crippen LogP contribution in [0.4, 0.5) is 0 Å². The predicted molar refractivity (Wildman–Crippen MR) is 145 cm³/mol. The summed E-state index contributed by atoms with van der Waals surface area (Å²) in [6.07, 6.45) is 5.27. The Balaban J connectivity index is 1.35. The van der Waals surface area contributed by atoms with E-state index in [2.05, 4.69) is 25.1 Å². The standard InChI is InChI=1S/C28H27N7O3S/c1-17-16-39-25(31-17)22-9-6-11-35(22)26(36)19-13-20(23-30-10-12-37-23)32-21(14-19)24-33-34-27(38-24)28(2,29)15-18-7-4-3-5-8-18/h3-5,7-8,10,12-14,16,22H,6,9,11,15,29H2,1-2H3/t22-,28-/m1/s1. The summed E-state index contributed by atoms with van der Waals surface area (Å²) in [5.74, 6) is 0.586. The molecule has 39 heavy (non-hydrogen) atoms. The summed E-state index contributed by atoms with van der Waals surface area (Å²) < 4.78 is 11.5. The van der Waals surface area contributed by atoms with Crippen LogP contribution in [0.25, 0.3) is 23.2 Å². The highest BCUT2D eigenvalue weighted by Crippen LogP contribution is 2.36. The molecule has 0 spiro atoms. The molecule has 198 valence electrons. The van der Waals surface area contributed by atoms with Crippen LogP contribution in [0.3, 0.4) is 0 Å². The van der Waals surface area contributed by atoms with Crippen molar-refractivity contribution in [1.29, 1.82) is 0 Å². The summed E-state index contributed by atoms with van der Waals surface area (Å²) in [5.41, 5.74) is 8.85. The monoisotopic (exact) mass is 541 g/mol. The van der Waals surface area contributed by atoms with Gasteiger partial charge in [0.05, 0.1) is 17.8 Å². The number of hydrogen-bond donors (Lipinski definition) is 1. The normalized spacial score (nSPS) is 16.9. The van der Waals surface area contributed by atoms with Crippen molar-refractivity contribution in [3.05, 3.63) is 88.0 Å².